The molecule has 1 heterocycles. The third-order valence-corrected chi connectivity index (χ3v) is 3.32. The van der Waals surface area contributed by atoms with Gasteiger partial charge in [-0.25, -0.2) is 4.98 Å². The number of ether oxygens (including phenoxy) is 1. The minimum Gasteiger partial charge on any atom is -0.496 e. The minimum atomic E-state index is 0.623. The Labute approximate surface area is 113 Å². The first kappa shape index (κ1) is 13.0. The molecule has 0 bridgehead atoms. The van der Waals surface area contributed by atoms with Crippen LogP contribution in [0.1, 0.15) is 24.0 Å². The Hall–Kier alpha value is -1.42. The average molecular weight is 262 g/mol. The number of hydrogen-bond donors (Lipinski definition) is 2. The zero-order valence-electron chi connectivity index (χ0n) is 10.9. The van der Waals surface area contributed by atoms with Gasteiger partial charge in [-0.05, 0) is 37.1 Å². The number of hydrogen-bond acceptors (Lipinski definition) is 3. The molecule has 0 radical (unpaired) electrons. The number of methoxy groups -OCH3 is 1. The molecule has 0 aliphatic carbocycles. The summed E-state index contributed by atoms with van der Waals surface area (Å²) in [6, 6.07) is 6.19. The second-order valence-corrected chi connectivity index (χ2v) is 4.51. The fraction of sp³-hybridized carbons (Fsp3) is 0.357. The lowest BCUT2D eigenvalue weighted by Gasteiger charge is -2.08. The summed E-state index contributed by atoms with van der Waals surface area (Å²) < 4.78 is 5.34. The Morgan fingerprint density at radius 3 is 2.72 bits per heavy atom. The number of aromatic amines is 1. The molecular formula is C14H18N2OS. The van der Waals surface area contributed by atoms with Crippen LogP contribution in [0.2, 0.25) is 0 Å². The second-order valence-electron chi connectivity index (χ2n) is 4.20. The molecule has 0 spiro atoms. The van der Waals surface area contributed by atoms with Crippen LogP contribution in [0, 0.1) is 6.92 Å². The lowest BCUT2D eigenvalue weighted by Crippen LogP contribution is -1.92. The number of thiol groups is 1. The third-order valence-electron chi connectivity index (χ3n) is 3.02. The van der Waals surface area contributed by atoms with Crippen molar-refractivity contribution in [2.45, 2.75) is 26.0 Å². The summed E-state index contributed by atoms with van der Waals surface area (Å²) in [4.78, 5) is 7.80. The van der Waals surface area contributed by atoms with E-state index in [1.54, 1.807) is 7.11 Å². The normalized spacial score (nSPS) is 10.7. The predicted octanol–water partition coefficient (Wildman–Crippen LogP) is 3.39. The van der Waals surface area contributed by atoms with Crippen LogP contribution < -0.4 is 4.74 Å². The van der Waals surface area contributed by atoms with Crippen LogP contribution in [0.25, 0.3) is 11.3 Å². The number of H-pyrrole nitrogens is 1. The monoisotopic (exact) mass is 262 g/mol. The number of imidazole rings is 1. The zero-order chi connectivity index (χ0) is 13.1. The summed E-state index contributed by atoms with van der Waals surface area (Å²) in [6.07, 6.45) is 0.944. The van der Waals surface area contributed by atoms with Crippen molar-refractivity contribution in [1.29, 1.82) is 0 Å². The van der Waals surface area contributed by atoms with Gasteiger partial charge in [-0.2, -0.15) is 12.6 Å². The van der Waals surface area contributed by atoms with Crippen LogP contribution in [-0.2, 0) is 12.2 Å². The van der Waals surface area contributed by atoms with Crippen molar-refractivity contribution >= 4 is 12.6 Å². The van der Waals surface area contributed by atoms with E-state index in [-0.39, 0.29) is 0 Å². The van der Waals surface area contributed by atoms with E-state index < -0.39 is 0 Å². The number of nitrogens with zero attached hydrogens (tertiary/aromatic N) is 1. The lowest BCUT2D eigenvalue weighted by atomic mass is 10.0. The Bertz CT molecular complexity index is 549. The largest absolute Gasteiger partial charge is 0.496 e. The first-order valence-corrected chi connectivity index (χ1v) is 6.66. The van der Waals surface area contributed by atoms with Crippen LogP contribution in [0.15, 0.2) is 18.2 Å². The van der Waals surface area contributed by atoms with Crippen molar-refractivity contribution in [3.05, 3.63) is 35.3 Å². The van der Waals surface area contributed by atoms with Gasteiger partial charge in [0.2, 0.25) is 0 Å². The second kappa shape index (κ2) is 5.48. The molecule has 0 aliphatic heterocycles. The molecule has 2 aromatic rings. The zero-order valence-corrected chi connectivity index (χ0v) is 11.8. The number of rotatable bonds is 4. The van der Waals surface area contributed by atoms with Gasteiger partial charge in [0.05, 0.1) is 12.8 Å². The van der Waals surface area contributed by atoms with Crippen molar-refractivity contribution in [2.75, 3.05) is 7.11 Å². The van der Waals surface area contributed by atoms with Crippen molar-refractivity contribution < 1.29 is 4.74 Å². The van der Waals surface area contributed by atoms with Gasteiger partial charge in [-0.15, -0.1) is 0 Å². The molecule has 0 fully saturated rings. The van der Waals surface area contributed by atoms with Crippen LogP contribution in [0.3, 0.4) is 0 Å². The number of benzene rings is 1. The van der Waals surface area contributed by atoms with Crippen molar-refractivity contribution in [3.63, 3.8) is 0 Å². The van der Waals surface area contributed by atoms with Crippen molar-refractivity contribution in [1.82, 2.24) is 9.97 Å². The van der Waals surface area contributed by atoms with Crippen LogP contribution in [0.4, 0.5) is 0 Å². The van der Waals surface area contributed by atoms with E-state index in [0.717, 1.165) is 34.9 Å². The van der Waals surface area contributed by atoms with E-state index >= 15 is 0 Å². The van der Waals surface area contributed by atoms with Crippen LogP contribution in [-0.4, -0.2) is 17.1 Å². The van der Waals surface area contributed by atoms with E-state index in [0.29, 0.717) is 5.75 Å². The van der Waals surface area contributed by atoms with E-state index in [4.69, 9.17) is 4.74 Å². The molecule has 1 aromatic carbocycles. The first-order valence-electron chi connectivity index (χ1n) is 6.03. The van der Waals surface area contributed by atoms with Gasteiger partial charge in [-0.1, -0.05) is 6.92 Å². The smallest absolute Gasteiger partial charge is 0.122 e. The average Bonchev–Trinajstić information content (AvgIpc) is 2.79. The Balaban J connectivity index is 2.47. The molecule has 0 amide bonds. The summed E-state index contributed by atoms with van der Waals surface area (Å²) in [6.45, 7) is 4.16. The van der Waals surface area contributed by atoms with Crippen LogP contribution >= 0.6 is 12.6 Å². The molecule has 1 N–H and O–H groups in total. The molecule has 0 unspecified atom stereocenters. The van der Waals surface area contributed by atoms with Gasteiger partial charge in [0.25, 0.3) is 0 Å². The van der Waals surface area contributed by atoms with Gasteiger partial charge in [0.15, 0.2) is 0 Å². The fourth-order valence-corrected chi connectivity index (χ4v) is 2.23. The van der Waals surface area contributed by atoms with Crippen molar-refractivity contribution in [2.24, 2.45) is 0 Å². The van der Waals surface area contributed by atoms with Gasteiger partial charge < -0.3 is 9.72 Å². The van der Waals surface area contributed by atoms with Gasteiger partial charge in [-0.3, -0.25) is 0 Å². The molecule has 18 heavy (non-hydrogen) atoms. The minimum absolute atomic E-state index is 0.623. The standard InChI is InChI=1S/C14H18N2OS/c1-4-10-7-11(5-6-12(10)17-3)14-9(2)15-13(8-18)16-14/h5-7,18H,4,8H2,1-3H3,(H,15,16). The maximum atomic E-state index is 5.34. The predicted molar refractivity (Wildman–Crippen MR) is 77.4 cm³/mol. The number of aryl methyl sites for hydroxylation is 2. The highest BCUT2D eigenvalue weighted by atomic mass is 32.1. The highest BCUT2D eigenvalue weighted by Crippen LogP contribution is 2.28. The first-order chi connectivity index (χ1) is 8.69. The topological polar surface area (TPSA) is 37.9 Å². The third kappa shape index (κ3) is 2.38. The summed E-state index contributed by atoms with van der Waals surface area (Å²) in [7, 11) is 1.70. The Morgan fingerprint density at radius 2 is 2.17 bits per heavy atom. The SMILES string of the molecule is CCc1cc(-c2nc(CS)[nH]c2C)ccc1OC. The molecule has 4 heteroatoms. The van der Waals surface area contributed by atoms with E-state index in [1.807, 2.05) is 19.1 Å². The van der Waals surface area contributed by atoms with Crippen molar-refractivity contribution in [3.8, 4) is 17.0 Å². The Kier molecular flexibility index (Phi) is 3.97. The summed E-state index contributed by atoms with van der Waals surface area (Å²) in [5.41, 5.74) is 4.39. The quantitative estimate of drug-likeness (QED) is 0.829. The van der Waals surface area contributed by atoms with Crippen LogP contribution in [0.5, 0.6) is 5.75 Å². The molecule has 0 atom stereocenters. The van der Waals surface area contributed by atoms with E-state index in [9.17, 15) is 0 Å². The van der Waals surface area contributed by atoms with E-state index in [1.165, 1.54) is 5.56 Å². The molecular weight excluding hydrogens is 244 g/mol. The maximum Gasteiger partial charge on any atom is 0.122 e. The van der Waals surface area contributed by atoms with Gasteiger partial charge >= 0.3 is 0 Å². The van der Waals surface area contributed by atoms with Gasteiger partial charge in [0, 0.05) is 17.0 Å². The molecule has 0 saturated heterocycles. The molecule has 1 aromatic heterocycles. The fourth-order valence-electron chi connectivity index (χ4n) is 2.08. The van der Waals surface area contributed by atoms with Gasteiger partial charge in [0.1, 0.15) is 11.6 Å². The molecule has 2 rings (SSSR count). The molecule has 3 nitrogen and oxygen atoms in total. The molecule has 0 saturated carbocycles. The maximum absolute atomic E-state index is 5.34. The molecule has 96 valence electrons. The highest BCUT2D eigenvalue weighted by Gasteiger charge is 2.10. The summed E-state index contributed by atoms with van der Waals surface area (Å²) in [5, 5.41) is 0. The number of nitrogens with one attached hydrogen (secondary N) is 1. The highest BCUT2D eigenvalue weighted by molar-refractivity contribution is 7.79. The lowest BCUT2D eigenvalue weighted by molar-refractivity contribution is 0.410. The molecule has 0 aliphatic rings. The van der Waals surface area contributed by atoms with E-state index in [2.05, 4.69) is 35.6 Å². The number of aromatic nitrogens is 2. The summed E-state index contributed by atoms with van der Waals surface area (Å²) >= 11 is 4.24. The Morgan fingerprint density at radius 1 is 1.39 bits per heavy atom. The summed E-state index contributed by atoms with van der Waals surface area (Å²) in [5.74, 6) is 2.46.